The van der Waals surface area contributed by atoms with Crippen molar-refractivity contribution in [3.8, 4) is 0 Å². The smallest absolute Gasteiger partial charge is 0.186 e. The summed E-state index contributed by atoms with van der Waals surface area (Å²) in [5.41, 5.74) is 1.14. The normalized spacial score (nSPS) is 10.4. The first-order valence-corrected chi connectivity index (χ1v) is 6.97. The van der Waals surface area contributed by atoms with Gasteiger partial charge in [0.1, 0.15) is 5.69 Å². The Morgan fingerprint density at radius 1 is 1.33 bits per heavy atom. The number of nitrogens with zero attached hydrogens (tertiary/aromatic N) is 2. The van der Waals surface area contributed by atoms with E-state index in [9.17, 15) is 4.79 Å². The van der Waals surface area contributed by atoms with Gasteiger partial charge in [-0.2, -0.15) is 0 Å². The van der Waals surface area contributed by atoms with Gasteiger partial charge in [-0.05, 0) is 49.6 Å². The lowest BCUT2D eigenvalue weighted by molar-refractivity contribution is 0.0987. The maximum absolute atomic E-state index is 12.1. The first-order valence-electron chi connectivity index (χ1n) is 5.00. The Labute approximate surface area is 126 Å². The average Bonchev–Trinajstić information content (AvgIpc) is 2.32. The van der Waals surface area contributed by atoms with Crippen molar-refractivity contribution in [2.45, 2.75) is 6.42 Å². The van der Waals surface area contributed by atoms with E-state index in [0.717, 1.165) is 10.0 Å². The number of ketones is 1. The van der Waals surface area contributed by atoms with Gasteiger partial charge in [0.05, 0.1) is 5.02 Å². The largest absolute Gasteiger partial charge is 0.292 e. The van der Waals surface area contributed by atoms with Crippen molar-refractivity contribution < 1.29 is 4.79 Å². The summed E-state index contributed by atoms with van der Waals surface area (Å²) >= 11 is 12.6. The molecule has 2 aromatic rings. The van der Waals surface area contributed by atoms with Crippen LogP contribution in [0.2, 0.25) is 5.02 Å². The quantitative estimate of drug-likeness (QED) is 0.742. The summed E-state index contributed by atoms with van der Waals surface area (Å²) in [6, 6.07) is 3.52. The Bertz CT molecular complexity index is 604. The van der Waals surface area contributed by atoms with Gasteiger partial charge in [0, 0.05) is 34.0 Å². The van der Waals surface area contributed by atoms with E-state index >= 15 is 0 Å². The van der Waals surface area contributed by atoms with Crippen LogP contribution in [0, 0.1) is 0 Å². The van der Waals surface area contributed by atoms with Crippen molar-refractivity contribution in [1.29, 1.82) is 0 Å². The molecule has 3 nitrogen and oxygen atoms in total. The number of Topliss-reactive ketones (excluding diaryl/α,β-unsaturated/α-hetero) is 1. The van der Waals surface area contributed by atoms with E-state index in [4.69, 9.17) is 11.6 Å². The second-order valence-electron chi connectivity index (χ2n) is 3.55. The maximum atomic E-state index is 12.1. The molecule has 0 amide bonds. The minimum atomic E-state index is -0.0949. The molecular formula is C12H7Br2ClN2O. The van der Waals surface area contributed by atoms with Crippen molar-refractivity contribution in [1.82, 2.24) is 9.97 Å². The third-order valence-electron chi connectivity index (χ3n) is 2.28. The molecule has 18 heavy (non-hydrogen) atoms. The monoisotopic (exact) mass is 388 g/mol. The number of aromatic nitrogens is 2. The summed E-state index contributed by atoms with van der Waals surface area (Å²) in [5, 5.41) is 0.485. The summed E-state index contributed by atoms with van der Waals surface area (Å²) < 4.78 is 1.47. The van der Waals surface area contributed by atoms with E-state index in [1.807, 2.05) is 0 Å². The minimum absolute atomic E-state index is 0.0949. The standard InChI is InChI=1S/C12H7Br2ClN2O/c13-8-4-9(14)12(17-5-8)11(18)3-7-1-2-16-6-10(7)15/h1-2,4-6H,3H2. The van der Waals surface area contributed by atoms with E-state index < -0.39 is 0 Å². The zero-order valence-electron chi connectivity index (χ0n) is 9.03. The van der Waals surface area contributed by atoms with Crippen LogP contribution in [0.15, 0.2) is 39.7 Å². The Morgan fingerprint density at radius 2 is 2.11 bits per heavy atom. The van der Waals surface area contributed by atoms with Gasteiger partial charge in [-0.15, -0.1) is 0 Å². The maximum Gasteiger partial charge on any atom is 0.186 e. The van der Waals surface area contributed by atoms with E-state index in [-0.39, 0.29) is 12.2 Å². The molecule has 0 spiro atoms. The fourth-order valence-corrected chi connectivity index (χ4v) is 2.82. The molecule has 6 heteroatoms. The Kier molecular flexibility index (Phi) is 4.48. The summed E-state index contributed by atoms with van der Waals surface area (Å²) in [5.74, 6) is -0.0949. The predicted octanol–water partition coefficient (Wildman–Crippen LogP) is 4.08. The van der Waals surface area contributed by atoms with Gasteiger partial charge in [-0.1, -0.05) is 11.6 Å². The third kappa shape index (κ3) is 3.16. The van der Waals surface area contributed by atoms with Crippen LogP contribution in [0.4, 0.5) is 0 Å². The average molecular weight is 390 g/mol. The molecule has 0 aliphatic heterocycles. The van der Waals surface area contributed by atoms with Crippen LogP contribution < -0.4 is 0 Å². The number of pyridine rings is 2. The molecule has 0 aliphatic carbocycles. The number of rotatable bonds is 3. The van der Waals surface area contributed by atoms with Gasteiger partial charge in [0.15, 0.2) is 5.78 Å². The molecule has 0 atom stereocenters. The molecule has 0 saturated heterocycles. The van der Waals surface area contributed by atoms with Crippen molar-refractivity contribution in [3.63, 3.8) is 0 Å². The summed E-state index contributed by atoms with van der Waals surface area (Å²) in [6.07, 6.45) is 4.92. The van der Waals surface area contributed by atoms with E-state index in [1.165, 1.54) is 6.20 Å². The van der Waals surface area contributed by atoms with Crippen molar-refractivity contribution >= 4 is 49.2 Å². The Morgan fingerprint density at radius 3 is 2.78 bits per heavy atom. The molecule has 92 valence electrons. The van der Waals surface area contributed by atoms with Crippen LogP contribution >= 0.6 is 43.5 Å². The second kappa shape index (κ2) is 5.91. The number of hydrogen-bond acceptors (Lipinski definition) is 3. The molecule has 0 aromatic carbocycles. The molecule has 2 heterocycles. The number of carbonyl (C=O) groups excluding carboxylic acids is 1. The second-order valence-corrected chi connectivity index (χ2v) is 5.73. The molecule has 0 bridgehead atoms. The van der Waals surface area contributed by atoms with Crippen molar-refractivity contribution in [2.75, 3.05) is 0 Å². The lowest BCUT2D eigenvalue weighted by Gasteiger charge is -2.04. The van der Waals surface area contributed by atoms with Crippen LogP contribution in [-0.4, -0.2) is 15.8 Å². The van der Waals surface area contributed by atoms with Crippen molar-refractivity contribution in [3.05, 3.63) is 55.9 Å². The highest BCUT2D eigenvalue weighted by Crippen LogP contribution is 2.22. The zero-order valence-corrected chi connectivity index (χ0v) is 13.0. The highest BCUT2D eigenvalue weighted by molar-refractivity contribution is 9.11. The fraction of sp³-hybridized carbons (Fsp3) is 0.0833. The zero-order chi connectivity index (χ0) is 13.1. The van der Waals surface area contributed by atoms with Crippen LogP contribution in [-0.2, 0) is 6.42 Å². The van der Waals surface area contributed by atoms with Gasteiger partial charge in [0.2, 0.25) is 0 Å². The fourth-order valence-electron chi connectivity index (χ4n) is 1.42. The van der Waals surface area contributed by atoms with Gasteiger partial charge in [-0.25, -0.2) is 0 Å². The molecule has 2 rings (SSSR count). The minimum Gasteiger partial charge on any atom is -0.292 e. The molecule has 0 aliphatic rings. The highest BCUT2D eigenvalue weighted by atomic mass is 79.9. The SMILES string of the molecule is O=C(Cc1ccncc1Cl)c1ncc(Br)cc1Br. The molecule has 2 aromatic heterocycles. The van der Waals surface area contributed by atoms with Gasteiger partial charge < -0.3 is 0 Å². The van der Waals surface area contributed by atoms with Gasteiger partial charge in [-0.3, -0.25) is 14.8 Å². The van der Waals surface area contributed by atoms with Crippen LogP contribution in [0.25, 0.3) is 0 Å². The Balaban J connectivity index is 2.25. The molecule has 0 N–H and O–H groups in total. The predicted molar refractivity (Wildman–Crippen MR) is 76.9 cm³/mol. The van der Waals surface area contributed by atoms with Gasteiger partial charge >= 0.3 is 0 Å². The molecule has 0 saturated carbocycles. The van der Waals surface area contributed by atoms with E-state index in [1.54, 1.807) is 24.5 Å². The summed E-state index contributed by atoms with van der Waals surface area (Å²) in [4.78, 5) is 20.1. The third-order valence-corrected chi connectivity index (χ3v) is 3.66. The van der Waals surface area contributed by atoms with E-state index in [2.05, 4.69) is 41.8 Å². The topological polar surface area (TPSA) is 42.9 Å². The summed E-state index contributed by atoms with van der Waals surface area (Å²) in [6.45, 7) is 0. The summed E-state index contributed by atoms with van der Waals surface area (Å²) in [7, 11) is 0. The number of halogens is 3. The molecule has 0 fully saturated rings. The number of hydrogen-bond donors (Lipinski definition) is 0. The van der Waals surface area contributed by atoms with Gasteiger partial charge in [0.25, 0.3) is 0 Å². The lowest BCUT2D eigenvalue weighted by Crippen LogP contribution is -2.07. The van der Waals surface area contributed by atoms with Crippen LogP contribution in [0.1, 0.15) is 16.1 Å². The lowest BCUT2D eigenvalue weighted by atomic mass is 10.1. The number of carbonyl (C=O) groups is 1. The Hall–Kier alpha value is -0.780. The molecular weight excluding hydrogens is 383 g/mol. The van der Waals surface area contributed by atoms with E-state index in [0.29, 0.717) is 15.2 Å². The molecule has 0 unspecified atom stereocenters. The first kappa shape index (κ1) is 13.6. The van der Waals surface area contributed by atoms with Crippen LogP contribution in [0.3, 0.4) is 0 Å². The van der Waals surface area contributed by atoms with Crippen molar-refractivity contribution in [2.24, 2.45) is 0 Å². The first-order chi connectivity index (χ1) is 8.58. The van der Waals surface area contributed by atoms with Crippen LogP contribution in [0.5, 0.6) is 0 Å². The molecule has 0 radical (unpaired) electrons. The highest BCUT2D eigenvalue weighted by Gasteiger charge is 2.14.